The van der Waals surface area contributed by atoms with Crippen molar-refractivity contribution in [1.82, 2.24) is 9.13 Å². The summed E-state index contributed by atoms with van der Waals surface area (Å²) in [5.74, 6) is -0.608. The molecule has 0 radical (unpaired) electrons. The van der Waals surface area contributed by atoms with Gasteiger partial charge in [0, 0.05) is 54.9 Å². The Labute approximate surface area is 665 Å². The average Bonchev–Trinajstić information content (AvgIpc) is 1.66. The van der Waals surface area contributed by atoms with E-state index in [4.69, 9.17) is 11.3 Å². The molecular weight excluding hydrogens is 1330 g/mol. The predicted octanol–water partition coefficient (Wildman–Crippen LogP) is 29.7. The highest BCUT2D eigenvalue weighted by Gasteiger charge is 2.44. The largest absolute Gasteiger partial charge is 0.452 e. The Bertz CT molecular complexity index is 7180. The van der Waals surface area contributed by atoms with Crippen LogP contribution in [-0.4, -0.2) is 9.13 Å². The van der Waals surface area contributed by atoms with E-state index in [1.54, 1.807) is 6.07 Å². The van der Waals surface area contributed by atoms with E-state index in [-0.39, 0.29) is 77.8 Å². The topological polar surface area (TPSA) is 29.5 Å². The third-order valence-electron chi connectivity index (χ3n) is 23.0. The summed E-state index contributed by atoms with van der Waals surface area (Å²) in [4.78, 5) is 4.76. The van der Waals surface area contributed by atoms with E-state index in [0.29, 0.717) is 33.3 Å². The summed E-state index contributed by atoms with van der Waals surface area (Å²) in [5, 5.41) is 3.20. The van der Waals surface area contributed by atoms with E-state index in [9.17, 15) is 11.0 Å². The Kier molecular flexibility index (Phi) is 12.5. The highest BCUT2D eigenvalue weighted by molar-refractivity contribution is 6.17. The van der Waals surface area contributed by atoms with Crippen LogP contribution in [0.4, 0.5) is 34.1 Å². The van der Waals surface area contributed by atoms with Crippen molar-refractivity contribution in [3.05, 3.63) is 335 Å². The molecule has 0 saturated heterocycles. The van der Waals surface area contributed by atoms with E-state index in [2.05, 4.69) is 282 Å². The van der Waals surface area contributed by atoms with Crippen LogP contribution in [0.3, 0.4) is 0 Å². The lowest BCUT2D eigenvalue weighted by Crippen LogP contribution is -2.30. The predicted molar refractivity (Wildman–Crippen MR) is 468 cm³/mol. The second-order valence-corrected chi connectivity index (χ2v) is 35.2. The molecule has 0 spiro atoms. The molecule has 14 aromatic carbocycles. The zero-order chi connectivity index (χ0) is 87.1. The number of hydrogen-bond acceptors (Lipinski definition) is 3. The second kappa shape index (κ2) is 24.8. The van der Waals surface area contributed by atoms with Gasteiger partial charge in [0.05, 0.1) is 85.4 Å². The summed E-state index contributed by atoms with van der Waals surface area (Å²) in [6.45, 7) is 33.9. The van der Waals surface area contributed by atoms with Gasteiger partial charge < -0.3 is 23.4 Å². The molecule has 17 aromatic rings. The molecule has 0 bridgehead atoms. The maximum absolute atomic E-state index is 9.73. The SMILES string of the molecule is [2H]c1c([2H])c([2H])c(-c2ccc3c(c2)N(c2cccc4c2oc2c(-n5c6c([2H])c([2H])c([2H])c([2H])c6c6c([2H])c([2H])c([2H])c([2H])c65)cccc24)c2cc(-n4c5ccc(C(C)(C)C)cc5c5cc(C(C)(C)C)ccc54)cc4c2C3c2ccc(-c3cc(C(C)(C)C)cc(C(C)(C)C)c3)cc2N4c2c(-c3ccccc3)cc(C(C)(C)C)cc2-c2ccccc2)c([2H])c1[2H]. The van der Waals surface area contributed by atoms with Crippen LogP contribution in [0, 0.1) is 0 Å². The van der Waals surface area contributed by atoms with Gasteiger partial charge in [-0.1, -0.05) is 310 Å². The van der Waals surface area contributed by atoms with Gasteiger partial charge in [-0.05, 0) is 184 Å². The molecule has 3 aromatic heterocycles. The van der Waals surface area contributed by atoms with Gasteiger partial charge >= 0.3 is 0 Å². The van der Waals surface area contributed by atoms with Crippen LogP contribution in [0.2, 0.25) is 0 Å². The lowest BCUT2D eigenvalue weighted by Gasteiger charge is -2.46. The standard InChI is InChI=1S/C105H94N4O/c1-101(2,3)70-47-51-88-84(58-70)85-59-71(102(4,5)6)48-52-89(85)106(88)75-62-94-97-95(63-75)109(98-82(65-33-21-17-22-34-65)60-74(105(13,14)15)61-83(98)66-35-23-18-24-36-66)93-56-68(69-53-72(103(7,8)9)57-73(54-69)104(10,11)12)46-50-81(93)96(97)80-49-45-67(64-31-19-16-20-32-64)55-92(80)108(94)91-44-30-40-79-78-39-29-43-90(99(78)110-100(79)91)107-86-41-27-25-37-76(86)77-38-26-28-42-87(77)107/h16-63,96H,1-15H3/i16D,19D,20D,25D,26D,27D,28D,31D,32D,37D,38D,41D,42D. The smallest absolute Gasteiger partial charge is 0.159 e. The lowest BCUT2D eigenvalue weighted by molar-refractivity contribution is 0.569. The fraction of sp³-hybridized carbons (Fsp3) is 0.200. The fourth-order valence-corrected chi connectivity index (χ4v) is 17.0. The molecule has 19 rings (SSSR count). The third-order valence-corrected chi connectivity index (χ3v) is 23.0. The van der Waals surface area contributed by atoms with E-state index >= 15 is 0 Å². The summed E-state index contributed by atoms with van der Waals surface area (Å²) in [5.41, 5.74) is 21.8. The number of aromatic nitrogens is 2. The Morgan fingerprint density at radius 3 is 1.24 bits per heavy atom. The number of hydrogen-bond donors (Lipinski definition) is 0. The molecule has 0 N–H and O–H groups in total. The van der Waals surface area contributed by atoms with E-state index in [0.717, 1.165) is 106 Å². The Morgan fingerprint density at radius 1 is 0.282 bits per heavy atom. The van der Waals surface area contributed by atoms with Gasteiger partial charge in [0.25, 0.3) is 0 Å². The normalized spacial score (nSPS) is 15.7. The molecule has 0 fully saturated rings. The monoisotopic (exact) mass is 1440 g/mol. The van der Waals surface area contributed by atoms with Gasteiger partial charge in [0.2, 0.25) is 0 Å². The number of rotatable bonds is 8. The molecule has 1 unspecified atom stereocenters. The summed E-state index contributed by atoms with van der Waals surface area (Å²) in [7, 11) is 0. The van der Waals surface area contributed by atoms with Crippen molar-refractivity contribution in [1.29, 1.82) is 0 Å². The first-order chi connectivity index (χ1) is 58.1. The van der Waals surface area contributed by atoms with Crippen LogP contribution in [0.1, 0.15) is 172 Å². The second-order valence-electron chi connectivity index (χ2n) is 35.2. The lowest BCUT2D eigenvalue weighted by atomic mass is 9.74. The minimum atomic E-state index is -0.608. The molecule has 5 nitrogen and oxygen atoms in total. The minimum absolute atomic E-state index is 0.0137. The first-order valence-electron chi connectivity index (χ1n) is 44.8. The molecule has 1 atom stereocenters. The van der Waals surface area contributed by atoms with Crippen LogP contribution in [0.15, 0.2) is 295 Å². The van der Waals surface area contributed by atoms with Gasteiger partial charge in [-0.3, -0.25) is 0 Å². The van der Waals surface area contributed by atoms with Crippen LogP contribution in [-0.2, 0) is 27.1 Å². The minimum Gasteiger partial charge on any atom is -0.452 e. The summed E-state index contributed by atoms with van der Waals surface area (Å²) >= 11 is 0. The molecular formula is C105H94N4O. The van der Waals surface area contributed by atoms with Crippen LogP contribution < -0.4 is 9.80 Å². The Balaban J connectivity index is 1.02. The number of benzene rings is 14. The van der Waals surface area contributed by atoms with Crippen molar-refractivity contribution in [3.63, 3.8) is 0 Å². The van der Waals surface area contributed by atoms with Gasteiger partial charge in [-0.2, -0.15) is 0 Å². The maximum atomic E-state index is 9.73. The number of nitrogens with zero attached hydrogens (tertiary/aromatic N) is 4. The van der Waals surface area contributed by atoms with Crippen LogP contribution >= 0.6 is 0 Å². The summed E-state index contributed by atoms with van der Waals surface area (Å²) < 4.78 is 133. The maximum Gasteiger partial charge on any atom is 0.159 e. The van der Waals surface area contributed by atoms with Crippen molar-refractivity contribution in [3.8, 4) is 55.9 Å². The van der Waals surface area contributed by atoms with Crippen molar-refractivity contribution in [2.75, 3.05) is 9.80 Å². The average molecular weight is 1440 g/mol. The number of furan rings is 1. The van der Waals surface area contributed by atoms with Gasteiger partial charge in [-0.15, -0.1) is 0 Å². The number of anilines is 6. The van der Waals surface area contributed by atoms with Crippen molar-refractivity contribution >= 4 is 99.7 Å². The molecule has 2 aliphatic rings. The van der Waals surface area contributed by atoms with Crippen molar-refractivity contribution < 1.29 is 22.2 Å². The zero-order valence-corrected chi connectivity index (χ0v) is 65.0. The van der Waals surface area contributed by atoms with Crippen molar-refractivity contribution in [2.24, 2.45) is 0 Å². The first kappa shape index (κ1) is 55.5. The third kappa shape index (κ3) is 11.1. The molecule has 110 heavy (non-hydrogen) atoms. The van der Waals surface area contributed by atoms with Gasteiger partial charge in [-0.25, -0.2) is 0 Å². The molecule has 0 saturated carbocycles. The van der Waals surface area contributed by atoms with Crippen LogP contribution in [0.25, 0.3) is 121 Å². The molecule has 0 aliphatic carbocycles. The highest BCUT2D eigenvalue weighted by atomic mass is 16.3. The van der Waals surface area contributed by atoms with E-state index in [1.165, 1.54) is 26.8 Å². The van der Waals surface area contributed by atoms with Crippen LogP contribution in [0.5, 0.6) is 0 Å². The van der Waals surface area contributed by atoms with E-state index < -0.39 is 72.4 Å². The molecule has 5 heteroatoms. The first-order valence-corrected chi connectivity index (χ1v) is 38.3. The highest BCUT2D eigenvalue weighted by Crippen LogP contribution is 2.65. The molecule has 5 heterocycles. The molecule has 0 amide bonds. The van der Waals surface area contributed by atoms with Gasteiger partial charge in [0.15, 0.2) is 11.2 Å². The fourth-order valence-electron chi connectivity index (χ4n) is 17.0. The van der Waals surface area contributed by atoms with Crippen molar-refractivity contribution in [2.45, 2.75) is 137 Å². The van der Waals surface area contributed by atoms with E-state index in [1.807, 2.05) is 42.5 Å². The molecule has 540 valence electrons. The van der Waals surface area contributed by atoms with Gasteiger partial charge in [0.1, 0.15) is 0 Å². The summed E-state index contributed by atoms with van der Waals surface area (Å²) in [6.07, 6.45) is 0. The number of para-hydroxylation sites is 4. The quantitative estimate of drug-likeness (QED) is 0.152. The summed E-state index contributed by atoms with van der Waals surface area (Å²) in [6, 6.07) is 69.8. The zero-order valence-electron chi connectivity index (χ0n) is 78.0. The Morgan fingerprint density at radius 2 is 0.727 bits per heavy atom. The Hall–Kier alpha value is -11.9. The number of fused-ring (bicyclic) bond motifs is 13. The molecule has 2 aliphatic heterocycles.